The Balaban J connectivity index is 0.00000870. The fraction of sp³-hybridized carbons (Fsp3) is 0.429. The molecule has 4 unspecified atom stereocenters. The van der Waals surface area contributed by atoms with Gasteiger partial charge in [0.1, 0.15) is 23.9 Å². The van der Waals surface area contributed by atoms with E-state index in [9.17, 15) is 24.3 Å². The SMILES string of the molecule is COc1ccc(C2=CC(=O)COc3c2cc(OC)c(OC)c3OC)cc1NC(=O)C(CC(C)C)NC(=O)C(CC(C)C)NC(=O)C(O)C(N)Cc1ccccc1.[Cl-]. The predicted molar refractivity (Wildman–Crippen MR) is 212 cm³/mol. The van der Waals surface area contributed by atoms with E-state index in [2.05, 4.69) is 16.0 Å². The molecule has 3 amide bonds. The van der Waals surface area contributed by atoms with Crippen LogP contribution in [-0.4, -0.2) is 87.9 Å². The molecule has 3 aromatic carbocycles. The molecular formula is C42H54ClN4O10-. The monoisotopic (exact) mass is 809 g/mol. The van der Waals surface area contributed by atoms with Gasteiger partial charge in [0.15, 0.2) is 23.9 Å². The van der Waals surface area contributed by atoms with Crippen molar-refractivity contribution in [1.82, 2.24) is 10.6 Å². The molecule has 57 heavy (non-hydrogen) atoms. The number of nitrogens with one attached hydrogen (secondary N) is 3. The number of rotatable bonds is 18. The Labute approximate surface area is 340 Å². The summed E-state index contributed by atoms with van der Waals surface area (Å²) in [7, 11) is 5.86. The summed E-state index contributed by atoms with van der Waals surface area (Å²) < 4.78 is 28.2. The number of hydrogen-bond donors (Lipinski definition) is 5. The molecule has 3 aromatic rings. The first-order valence-corrected chi connectivity index (χ1v) is 18.5. The second-order valence-electron chi connectivity index (χ2n) is 14.4. The number of fused-ring (bicyclic) bond motifs is 1. The minimum absolute atomic E-state index is 0. The number of aliphatic hydroxyl groups excluding tert-OH is 1. The minimum atomic E-state index is -1.58. The van der Waals surface area contributed by atoms with Crippen LogP contribution in [0.15, 0.2) is 60.7 Å². The number of ether oxygens (including phenoxy) is 5. The molecular weight excluding hydrogens is 756 g/mol. The maximum Gasteiger partial charge on any atom is 0.251 e. The van der Waals surface area contributed by atoms with Gasteiger partial charge in [-0.15, -0.1) is 0 Å². The third-order valence-corrected chi connectivity index (χ3v) is 9.18. The average molecular weight is 810 g/mol. The molecule has 0 saturated carbocycles. The molecule has 4 atom stereocenters. The number of benzene rings is 3. The highest BCUT2D eigenvalue weighted by Gasteiger charge is 2.32. The molecule has 0 spiro atoms. The zero-order valence-corrected chi connectivity index (χ0v) is 34.4. The van der Waals surface area contributed by atoms with Crippen LogP contribution in [0.4, 0.5) is 5.69 Å². The van der Waals surface area contributed by atoms with Crippen LogP contribution in [0.1, 0.15) is 57.2 Å². The molecule has 15 heteroatoms. The van der Waals surface area contributed by atoms with Crippen molar-refractivity contribution in [3.8, 4) is 28.7 Å². The van der Waals surface area contributed by atoms with Gasteiger partial charge in [0, 0.05) is 11.6 Å². The number of nitrogens with two attached hydrogens (primary N) is 1. The van der Waals surface area contributed by atoms with Crippen LogP contribution in [0.5, 0.6) is 28.7 Å². The molecule has 0 saturated heterocycles. The number of aliphatic hydroxyl groups is 1. The van der Waals surface area contributed by atoms with Crippen LogP contribution in [0.25, 0.3) is 5.57 Å². The fourth-order valence-corrected chi connectivity index (χ4v) is 6.46. The average Bonchev–Trinajstić information content (AvgIpc) is 3.34. The second-order valence-corrected chi connectivity index (χ2v) is 14.4. The summed E-state index contributed by atoms with van der Waals surface area (Å²) in [6.07, 6.45) is 0.626. The Morgan fingerprint density at radius 1 is 0.789 bits per heavy atom. The molecule has 4 rings (SSSR count). The predicted octanol–water partition coefficient (Wildman–Crippen LogP) is 1.05. The first-order chi connectivity index (χ1) is 26.7. The minimum Gasteiger partial charge on any atom is -1.00 e. The van der Waals surface area contributed by atoms with Crippen molar-refractivity contribution in [2.75, 3.05) is 40.4 Å². The number of methoxy groups -OCH3 is 4. The standard InChI is InChI=1S/C42H54N4O10.ClH/c1-23(2)16-32(45-41(50)33(17-24(3)4)46-42(51)36(48)30(43)18-25-12-10-9-11-13-25)40(49)44-31-19-26(14-15-34(31)52-5)28-20-27(47)22-56-37-29(28)21-35(53-6)38(54-7)39(37)55-8;/h9-15,19-21,23-24,30,32-33,36,48H,16-18,22,43H2,1-8H3,(H,44,49)(H,45,50)(H,46,51);1H/p-1. The maximum absolute atomic E-state index is 14.1. The lowest BCUT2D eigenvalue weighted by Gasteiger charge is -2.27. The number of ketones is 1. The Kier molecular flexibility index (Phi) is 17.2. The zero-order valence-electron chi connectivity index (χ0n) is 33.6. The van der Waals surface area contributed by atoms with Crippen LogP contribution >= 0.6 is 0 Å². The first-order valence-electron chi connectivity index (χ1n) is 18.5. The second kappa shape index (κ2) is 21.3. The molecule has 0 aromatic heterocycles. The normalized spacial score (nSPS) is 14.3. The van der Waals surface area contributed by atoms with Crippen LogP contribution in [0, 0.1) is 11.8 Å². The summed E-state index contributed by atoms with van der Waals surface area (Å²) >= 11 is 0. The van der Waals surface area contributed by atoms with Crippen molar-refractivity contribution in [2.24, 2.45) is 17.6 Å². The number of anilines is 1. The summed E-state index contributed by atoms with van der Waals surface area (Å²) in [6.45, 7) is 7.37. The Bertz CT molecular complexity index is 1900. The van der Waals surface area contributed by atoms with Gasteiger partial charge < -0.3 is 62.9 Å². The van der Waals surface area contributed by atoms with E-state index in [0.717, 1.165) is 5.56 Å². The molecule has 6 N–H and O–H groups in total. The highest BCUT2D eigenvalue weighted by molar-refractivity contribution is 6.05. The fourth-order valence-electron chi connectivity index (χ4n) is 6.46. The van der Waals surface area contributed by atoms with Gasteiger partial charge in [-0.25, -0.2) is 0 Å². The molecule has 1 aliphatic heterocycles. The Morgan fingerprint density at radius 2 is 1.39 bits per heavy atom. The number of halogens is 1. The Hall–Kier alpha value is -5.31. The van der Waals surface area contributed by atoms with Crippen molar-refractivity contribution in [3.05, 3.63) is 77.4 Å². The lowest BCUT2D eigenvalue weighted by molar-refractivity contribution is -0.135. The molecule has 1 heterocycles. The third kappa shape index (κ3) is 11.9. The van der Waals surface area contributed by atoms with E-state index in [1.54, 1.807) is 24.3 Å². The van der Waals surface area contributed by atoms with Gasteiger partial charge in [0.05, 0.1) is 34.1 Å². The number of amides is 3. The Morgan fingerprint density at radius 3 is 1.96 bits per heavy atom. The summed E-state index contributed by atoms with van der Waals surface area (Å²) in [6, 6.07) is 13.0. The zero-order chi connectivity index (χ0) is 41.1. The van der Waals surface area contributed by atoms with Crippen LogP contribution in [0.3, 0.4) is 0 Å². The van der Waals surface area contributed by atoms with E-state index >= 15 is 0 Å². The number of carbonyl (C=O) groups is 4. The van der Waals surface area contributed by atoms with Crippen LogP contribution in [0.2, 0.25) is 0 Å². The van der Waals surface area contributed by atoms with Crippen molar-refractivity contribution < 1.29 is 60.4 Å². The molecule has 0 radical (unpaired) electrons. The lowest BCUT2D eigenvalue weighted by Crippen LogP contribution is -3.00. The lowest BCUT2D eigenvalue weighted by atomic mass is 9.94. The maximum atomic E-state index is 14.1. The third-order valence-electron chi connectivity index (χ3n) is 9.18. The topological polar surface area (TPSA) is 197 Å². The van der Waals surface area contributed by atoms with Gasteiger partial charge in [0.25, 0.3) is 5.91 Å². The van der Waals surface area contributed by atoms with Crippen LogP contribution in [-0.2, 0) is 25.6 Å². The van der Waals surface area contributed by atoms with Crippen molar-refractivity contribution >= 4 is 34.8 Å². The molecule has 14 nitrogen and oxygen atoms in total. The molecule has 0 aliphatic carbocycles. The summed E-state index contributed by atoms with van der Waals surface area (Å²) in [5, 5.41) is 19.2. The van der Waals surface area contributed by atoms with Gasteiger partial charge in [-0.3, -0.25) is 19.2 Å². The van der Waals surface area contributed by atoms with Gasteiger partial charge >= 0.3 is 0 Å². The highest BCUT2D eigenvalue weighted by atomic mass is 35.5. The molecule has 310 valence electrons. The van der Waals surface area contributed by atoms with Crippen LogP contribution < -0.4 is 57.8 Å². The quantitative estimate of drug-likeness (QED) is 0.123. The van der Waals surface area contributed by atoms with E-state index in [-0.39, 0.29) is 73.1 Å². The van der Waals surface area contributed by atoms with E-state index in [1.807, 2.05) is 58.0 Å². The van der Waals surface area contributed by atoms with Gasteiger partial charge in [-0.1, -0.05) is 64.1 Å². The van der Waals surface area contributed by atoms with Crippen molar-refractivity contribution in [3.63, 3.8) is 0 Å². The summed E-state index contributed by atoms with van der Waals surface area (Å²) in [4.78, 5) is 54.1. The van der Waals surface area contributed by atoms with E-state index in [0.29, 0.717) is 33.9 Å². The largest absolute Gasteiger partial charge is 1.00 e. The first kappa shape index (κ1) is 46.1. The number of hydrogen-bond acceptors (Lipinski definition) is 11. The molecule has 1 aliphatic rings. The highest BCUT2D eigenvalue weighted by Crippen LogP contribution is 2.50. The summed E-state index contributed by atoms with van der Waals surface area (Å²) in [5.41, 5.74) is 8.80. The molecule has 0 bridgehead atoms. The smallest absolute Gasteiger partial charge is 0.251 e. The van der Waals surface area contributed by atoms with E-state index in [4.69, 9.17) is 29.4 Å². The van der Waals surface area contributed by atoms with Crippen molar-refractivity contribution in [1.29, 1.82) is 0 Å². The van der Waals surface area contributed by atoms with Crippen molar-refractivity contribution in [2.45, 2.75) is 71.2 Å². The van der Waals surface area contributed by atoms with E-state index < -0.39 is 42.0 Å². The van der Waals surface area contributed by atoms with Gasteiger partial charge in [0.2, 0.25) is 23.3 Å². The number of carbonyl (C=O) groups excluding carboxylic acids is 4. The van der Waals surface area contributed by atoms with E-state index in [1.165, 1.54) is 34.5 Å². The van der Waals surface area contributed by atoms with Gasteiger partial charge in [-0.05, 0) is 72.1 Å². The van der Waals surface area contributed by atoms with Gasteiger partial charge in [-0.2, -0.15) is 0 Å². The summed E-state index contributed by atoms with van der Waals surface area (Å²) in [5.74, 6) is -0.782. The molecule has 0 fully saturated rings.